The van der Waals surface area contributed by atoms with Gasteiger partial charge in [-0.05, 0) is 56.1 Å². The van der Waals surface area contributed by atoms with E-state index in [1.807, 2.05) is 19.9 Å². The van der Waals surface area contributed by atoms with Crippen LogP contribution in [-0.4, -0.2) is 57.3 Å². The van der Waals surface area contributed by atoms with Crippen LogP contribution in [0.2, 0.25) is 0 Å². The summed E-state index contributed by atoms with van der Waals surface area (Å²) in [7, 11) is 0. The van der Waals surface area contributed by atoms with Gasteiger partial charge in [0, 0.05) is 23.2 Å². The molecule has 0 radical (unpaired) electrons. The van der Waals surface area contributed by atoms with Crippen molar-refractivity contribution in [3.05, 3.63) is 23.8 Å². The van der Waals surface area contributed by atoms with Crippen molar-refractivity contribution < 1.29 is 34.4 Å². The van der Waals surface area contributed by atoms with Crippen LogP contribution < -0.4 is 0 Å². The number of hydrogen-bond donors (Lipinski definition) is 3. The SMILES string of the molecule is CCCC(=O)O[C@@H]1C[C@H]2[C@@H]3CCC4=CC(=O)C=C[C@]4(C)[C@H]3[C@@H](O)C[C@]2(C)[C@@]1(O)C(=O)CO. The van der Waals surface area contributed by atoms with Gasteiger partial charge in [-0.15, -0.1) is 0 Å². The number of carbonyl (C=O) groups excluding carboxylic acids is 3. The Hall–Kier alpha value is -1.83. The molecular formula is C25H34O7. The Kier molecular flexibility index (Phi) is 5.75. The summed E-state index contributed by atoms with van der Waals surface area (Å²) in [5.74, 6) is -1.68. The number of ether oxygens (including phenoxy) is 1. The van der Waals surface area contributed by atoms with Crippen molar-refractivity contribution in [3.63, 3.8) is 0 Å². The van der Waals surface area contributed by atoms with Gasteiger partial charge in [-0.3, -0.25) is 14.4 Å². The third-order valence-electron chi connectivity index (χ3n) is 8.99. The summed E-state index contributed by atoms with van der Waals surface area (Å²) in [5.41, 5.74) is -2.57. The fourth-order valence-electron chi connectivity index (χ4n) is 7.49. The number of allylic oxidation sites excluding steroid dienone is 4. The van der Waals surface area contributed by atoms with E-state index < -0.39 is 47.0 Å². The Balaban J connectivity index is 1.75. The molecule has 7 heteroatoms. The van der Waals surface area contributed by atoms with Crippen LogP contribution in [0.5, 0.6) is 0 Å². The Morgan fingerprint density at radius 3 is 2.66 bits per heavy atom. The number of esters is 1. The van der Waals surface area contributed by atoms with Gasteiger partial charge in [0.1, 0.15) is 12.7 Å². The molecule has 0 aliphatic heterocycles. The molecule has 176 valence electrons. The lowest BCUT2D eigenvalue weighted by atomic mass is 9.46. The molecule has 3 saturated carbocycles. The summed E-state index contributed by atoms with van der Waals surface area (Å²) in [5, 5.41) is 32.8. The Bertz CT molecular complexity index is 891. The van der Waals surface area contributed by atoms with Crippen molar-refractivity contribution in [1.29, 1.82) is 0 Å². The number of aliphatic hydroxyl groups excluding tert-OH is 2. The highest BCUT2D eigenvalue weighted by Crippen LogP contribution is 2.67. The minimum Gasteiger partial charge on any atom is -0.459 e. The first-order chi connectivity index (χ1) is 15.0. The average Bonchev–Trinajstić information content (AvgIpc) is 2.95. The first-order valence-electron chi connectivity index (χ1n) is 11.7. The third kappa shape index (κ3) is 3.08. The number of aliphatic hydroxyl groups is 3. The summed E-state index contributed by atoms with van der Waals surface area (Å²) in [6.45, 7) is 4.81. The molecule has 4 aliphatic rings. The minimum atomic E-state index is -2.06. The number of Topliss-reactive ketones (excluding diaryl/α,β-unsaturated/α-hetero) is 1. The molecule has 0 unspecified atom stereocenters. The van der Waals surface area contributed by atoms with Crippen molar-refractivity contribution in [3.8, 4) is 0 Å². The highest BCUT2D eigenvalue weighted by Gasteiger charge is 2.72. The van der Waals surface area contributed by atoms with Crippen molar-refractivity contribution in [1.82, 2.24) is 0 Å². The maximum absolute atomic E-state index is 12.9. The smallest absolute Gasteiger partial charge is 0.306 e. The lowest BCUT2D eigenvalue weighted by molar-refractivity contribution is -0.197. The summed E-state index contributed by atoms with van der Waals surface area (Å²) in [6.07, 6.45) is 5.87. The van der Waals surface area contributed by atoms with Gasteiger partial charge in [0.15, 0.2) is 17.2 Å². The van der Waals surface area contributed by atoms with E-state index in [0.717, 1.165) is 5.57 Å². The second kappa shape index (κ2) is 7.89. The van der Waals surface area contributed by atoms with Gasteiger partial charge in [-0.1, -0.05) is 32.4 Å². The van der Waals surface area contributed by atoms with Crippen LogP contribution in [0.1, 0.15) is 59.3 Å². The Morgan fingerprint density at radius 2 is 2.00 bits per heavy atom. The number of hydrogen-bond acceptors (Lipinski definition) is 7. The molecule has 4 rings (SSSR count). The number of rotatable bonds is 5. The summed E-state index contributed by atoms with van der Waals surface area (Å²) in [4.78, 5) is 37.2. The predicted molar refractivity (Wildman–Crippen MR) is 115 cm³/mol. The second-order valence-corrected chi connectivity index (χ2v) is 10.5. The molecule has 8 atom stereocenters. The molecule has 0 bridgehead atoms. The van der Waals surface area contributed by atoms with Crippen LogP contribution in [0.15, 0.2) is 23.8 Å². The van der Waals surface area contributed by atoms with Gasteiger partial charge < -0.3 is 20.1 Å². The summed E-state index contributed by atoms with van der Waals surface area (Å²) >= 11 is 0. The number of carbonyl (C=O) groups is 3. The van der Waals surface area contributed by atoms with Gasteiger partial charge in [0.05, 0.1) is 6.10 Å². The van der Waals surface area contributed by atoms with Crippen LogP contribution >= 0.6 is 0 Å². The van der Waals surface area contributed by atoms with E-state index in [2.05, 4.69) is 0 Å². The van der Waals surface area contributed by atoms with Crippen molar-refractivity contribution in [2.24, 2.45) is 28.6 Å². The van der Waals surface area contributed by atoms with E-state index in [0.29, 0.717) is 25.7 Å². The van der Waals surface area contributed by atoms with Gasteiger partial charge in [-0.2, -0.15) is 0 Å². The quantitative estimate of drug-likeness (QED) is 0.551. The first-order valence-corrected chi connectivity index (χ1v) is 11.7. The zero-order valence-corrected chi connectivity index (χ0v) is 19.0. The monoisotopic (exact) mass is 446 g/mol. The minimum absolute atomic E-state index is 0.0309. The fraction of sp³-hybridized carbons (Fsp3) is 0.720. The normalized spacial score (nSPS) is 44.9. The lowest BCUT2D eigenvalue weighted by Gasteiger charge is -2.59. The van der Waals surface area contributed by atoms with Gasteiger partial charge in [-0.25, -0.2) is 0 Å². The van der Waals surface area contributed by atoms with Crippen LogP contribution in [0.25, 0.3) is 0 Å². The molecule has 3 N–H and O–H groups in total. The van der Waals surface area contributed by atoms with Crippen molar-refractivity contribution in [2.75, 3.05) is 6.61 Å². The molecule has 0 spiro atoms. The maximum Gasteiger partial charge on any atom is 0.306 e. The highest BCUT2D eigenvalue weighted by molar-refractivity contribution is 6.01. The zero-order valence-electron chi connectivity index (χ0n) is 19.0. The standard InChI is InChI=1S/C25H34O7/c1-4-5-21(30)32-20-11-17-16-7-6-14-10-15(27)8-9-23(14,2)22(16)18(28)12-24(17,3)25(20,31)19(29)13-26/h8-10,16-18,20,22,26,28,31H,4-7,11-13H2,1-3H3/t16-,17-,18-,20+,22+,23-,24-,25+/m0/s1. The highest BCUT2D eigenvalue weighted by atomic mass is 16.6. The molecule has 0 aromatic carbocycles. The van der Waals surface area contributed by atoms with Gasteiger partial charge >= 0.3 is 5.97 Å². The predicted octanol–water partition coefficient (Wildman–Crippen LogP) is 1.88. The second-order valence-electron chi connectivity index (χ2n) is 10.5. The summed E-state index contributed by atoms with van der Waals surface area (Å²) in [6, 6.07) is 0. The largest absolute Gasteiger partial charge is 0.459 e. The molecule has 0 aromatic heterocycles. The van der Waals surface area contributed by atoms with Crippen LogP contribution in [-0.2, 0) is 19.1 Å². The molecule has 4 aliphatic carbocycles. The van der Waals surface area contributed by atoms with Gasteiger partial charge in [0.2, 0.25) is 0 Å². The van der Waals surface area contributed by atoms with E-state index in [1.165, 1.54) is 0 Å². The van der Waals surface area contributed by atoms with Crippen LogP contribution in [0.4, 0.5) is 0 Å². The lowest BCUT2D eigenvalue weighted by Crippen LogP contribution is -2.64. The van der Waals surface area contributed by atoms with Crippen molar-refractivity contribution in [2.45, 2.75) is 77.1 Å². The first kappa shape index (κ1) is 23.3. The molecular weight excluding hydrogens is 412 g/mol. The molecule has 0 amide bonds. The van der Waals surface area contributed by atoms with Crippen LogP contribution in [0.3, 0.4) is 0 Å². The van der Waals surface area contributed by atoms with Crippen LogP contribution in [0, 0.1) is 28.6 Å². The maximum atomic E-state index is 12.9. The van der Waals surface area contributed by atoms with E-state index in [-0.39, 0.29) is 36.4 Å². The molecule has 7 nitrogen and oxygen atoms in total. The van der Waals surface area contributed by atoms with E-state index in [1.54, 1.807) is 19.1 Å². The fourth-order valence-corrected chi connectivity index (χ4v) is 7.49. The Labute approximate surface area is 188 Å². The molecule has 0 saturated heterocycles. The van der Waals surface area contributed by atoms with Gasteiger partial charge in [0.25, 0.3) is 0 Å². The van der Waals surface area contributed by atoms with E-state index in [4.69, 9.17) is 4.74 Å². The van der Waals surface area contributed by atoms with Crippen molar-refractivity contribution >= 4 is 17.5 Å². The molecule has 0 aromatic rings. The molecule has 3 fully saturated rings. The molecule has 0 heterocycles. The topological polar surface area (TPSA) is 121 Å². The number of ketones is 2. The third-order valence-corrected chi connectivity index (χ3v) is 8.99. The summed E-state index contributed by atoms with van der Waals surface area (Å²) < 4.78 is 5.64. The van der Waals surface area contributed by atoms with E-state index in [9.17, 15) is 29.7 Å². The van der Waals surface area contributed by atoms with E-state index >= 15 is 0 Å². The average molecular weight is 447 g/mol. The number of fused-ring (bicyclic) bond motifs is 5. The zero-order chi connectivity index (χ0) is 23.5. The molecule has 32 heavy (non-hydrogen) atoms. The Morgan fingerprint density at radius 1 is 1.28 bits per heavy atom.